The fourth-order valence-corrected chi connectivity index (χ4v) is 2.50. The van der Waals surface area contributed by atoms with Crippen molar-refractivity contribution in [1.29, 1.82) is 0 Å². The second kappa shape index (κ2) is 6.45. The molecule has 0 unspecified atom stereocenters. The van der Waals surface area contributed by atoms with Crippen LogP contribution in [0.3, 0.4) is 0 Å². The molecule has 0 aliphatic carbocycles. The summed E-state index contributed by atoms with van der Waals surface area (Å²) in [5.74, 6) is -0.170. The number of rotatable bonds is 3. The molecule has 0 spiro atoms. The van der Waals surface area contributed by atoms with E-state index in [1.54, 1.807) is 35.2 Å². The van der Waals surface area contributed by atoms with Gasteiger partial charge >= 0.3 is 0 Å². The molecule has 0 saturated carbocycles. The molecule has 8 heteroatoms. The second-order valence-corrected chi connectivity index (χ2v) is 5.51. The van der Waals surface area contributed by atoms with Crippen molar-refractivity contribution in [1.82, 2.24) is 19.7 Å². The summed E-state index contributed by atoms with van der Waals surface area (Å²) in [5.41, 5.74) is 0.850. The van der Waals surface area contributed by atoms with Crippen LogP contribution in [0.5, 0.6) is 0 Å². The minimum absolute atomic E-state index is 0.170. The first kappa shape index (κ1) is 15.6. The maximum atomic E-state index is 12.8. The normalized spacial score (nSPS) is 14.5. The number of amides is 1. The third-order valence-corrected chi connectivity index (χ3v) is 3.83. The lowest BCUT2D eigenvalue weighted by atomic mass is 10.2. The Hall–Kier alpha value is -2.28. The molecule has 1 aromatic heterocycles. The molecule has 0 atom stereocenters. The van der Waals surface area contributed by atoms with Gasteiger partial charge < -0.3 is 9.47 Å². The molecule has 120 valence electrons. The highest BCUT2D eigenvalue weighted by atomic mass is 35.5. The lowest BCUT2D eigenvalue weighted by molar-refractivity contribution is -0.127. The lowest BCUT2D eigenvalue weighted by Crippen LogP contribution is -2.37. The minimum Gasteiger partial charge on any atom is -0.330 e. The van der Waals surface area contributed by atoms with E-state index in [9.17, 15) is 13.6 Å². The average Bonchev–Trinajstić information content (AvgIpc) is 2.97. The van der Waals surface area contributed by atoms with Crippen molar-refractivity contribution in [2.75, 3.05) is 6.54 Å². The number of carbonyl (C=O) groups excluding carboxylic acids is 1. The van der Waals surface area contributed by atoms with Gasteiger partial charge in [0.05, 0.1) is 6.54 Å². The standard InChI is InChI=1S/C15H13ClF2N4O/c16-11-4-1-10(2-5-11)3-6-13(23)21-7-8-22-12(9-21)19-20-15(22)14(17)18/h1-6,14H,7-9H2/b6-3+. The predicted octanol–water partition coefficient (Wildman–Crippen LogP) is 2.92. The Morgan fingerprint density at radius 3 is 2.65 bits per heavy atom. The van der Waals surface area contributed by atoms with E-state index in [-0.39, 0.29) is 24.8 Å². The Morgan fingerprint density at radius 2 is 1.96 bits per heavy atom. The van der Waals surface area contributed by atoms with E-state index in [1.165, 1.54) is 10.6 Å². The van der Waals surface area contributed by atoms with Crippen LogP contribution in [0.4, 0.5) is 8.78 Å². The zero-order valence-electron chi connectivity index (χ0n) is 12.0. The number of hydrogen-bond acceptors (Lipinski definition) is 3. The van der Waals surface area contributed by atoms with E-state index in [2.05, 4.69) is 10.2 Å². The van der Waals surface area contributed by atoms with Gasteiger partial charge in [0.1, 0.15) is 0 Å². The predicted molar refractivity (Wildman–Crippen MR) is 80.9 cm³/mol. The minimum atomic E-state index is -2.66. The second-order valence-electron chi connectivity index (χ2n) is 5.07. The van der Waals surface area contributed by atoms with Crippen molar-refractivity contribution in [3.05, 3.63) is 52.6 Å². The summed E-state index contributed by atoms with van der Waals surface area (Å²) in [6, 6.07) is 7.07. The molecule has 0 bridgehead atoms. The summed E-state index contributed by atoms with van der Waals surface area (Å²) in [5, 5.41) is 7.85. The highest BCUT2D eigenvalue weighted by Crippen LogP contribution is 2.21. The summed E-state index contributed by atoms with van der Waals surface area (Å²) < 4.78 is 26.9. The van der Waals surface area contributed by atoms with Gasteiger partial charge in [-0.25, -0.2) is 8.78 Å². The Labute approximate surface area is 136 Å². The molecule has 2 heterocycles. The maximum Gasteiger partial charge on any atom is 0.297 e. The van der Waals surface area contributed by atoms with E-state index >= 15 is 0 Å². The Bertz CT molecular complexity index is 742. The third kappa shape index (κ3) is 3.39. The van der Waals surface area contributed by atoms with Crippen LogP contribution in [0, 0.1) is 0 Å². The Kier molecular flexibility index (Phi) is 4.38. The molecule has 0 fully saturated rings. The molecule has 0 saturated heterocycles. The summed E-state index contributed by atoms with van der Waals surface area (Å²) in [6.07, 6.45) is 0.467. The zero-order chi connectivity index (χ0) is 16.4. The number of nitrogens with zero attached hydrogens (tertiary/aromatic N) is 4. The fourth-order valence-electron chi connectivity index (χ4n) is 2.38. The topological polar surface area (TPSA) is 51.0 Å². The van der Waals surface area contributed by atoms with Crippen LogP contribution in [0.1, 0.15) is 23.6 Å². The van der Waals surface area contributed by atoms with Crippen LogP contribution in [-0.4, -0.2) is 32.1 Å². The largest absolute Gasteiger partial charge is 0.330 e. The number of aromatic nitrogens is 3. The van der Waals surface area contributed by atoms with Crippen LogP contribution < -0.4 is 0 Å². The van der Waals surface area contributed by atoms with Crippen molar-refractivity contribution >= 4 is 23.6 Å². The van der Waals surface area contributed by atoms with Gasteiger partial charge in [0.25, 0.3) is 6.43 Å². The summed E-state index contributed by atoms with van der Waals surface area (Å²) in [6.45, 7) is 0.778. The van der Waals surface area contributed by atoms with Crippen LogP contribution in [0.25, 0.3) is 6.08 Å². The highest BCUT2D eigenvalue weighted by Gasteiger charge is 2.26. The van der Waals surface area contributed by atoms with Gasteiger partial charge in [0, 0.05) is 24.2 Å². The van der Waals surface area contributed by atoms with E-state index in [1.807, 2.05) is 0 Å². The van der Waals surface area contributed by atoms with E-state index < -0.39 is 6.43 Å². The van der Waals surface area contributed by atoms with Crippen LogP contribution in [0.15, 0.2) is 30.3 Å². The number of alkyl halides is 2. The van der Waals surface area contributed by atoms with Crippen LogP contribution in [0.2, 0.25) is 5.02 Å². The van der Waals surface area contributed by atoms with Crippen molar-refractivity contribution < 1.29 is 13.6 Å². The third-order valence-electron chi connectivity index (χ3n) is 3.58. The van der Waals surface area contributed by atoms with Gasteiger partial charge in [-0.2, -0.15) is 0 Å². The monoisotopic (exact) mass is 338 g/mol. The van der Waals surface area contributed by atoms with E-state index in [4.69, 9.17) is 11.6 Å². The van der Waals surface area contributed by atoms with Crippen molar-refractivity contribution in [2.45, 2.75) is 19.5 Å². The molecular weight excluding hydrogens is 326 g/mol. The summed E-state index contributed by atoms with van der Waals surface area (Å²) in [4.78, 5) is 13.7. The van der Waals surface area contributed by atoms with Gasteiger partial charge in [-0.3, -0.25) is 4.79 Å². The van der Waals surface area contributed by atoms with E-state index in [0.29, 0.717) is 17.4 Å². The number of halogens is 3. The first-order valence-electron chi connectivity index (χ1n) is 6.97. The van der Waals surface area contributed by atoms with E-state index in [0.717, 1.165) is 5.56 Å². The zero-order valence-corrected chi connectivity index (χ0v) is 12.7. The van der Waals surface area contributed by atoms with Gasteiger partial charge in [0.15, 0.2) is 11.6 Å². The number of fused-ring (bicyclic) bond motifs is 1. The summed E-state index contributed by atoms with van der Waals surface area (Å²) >= 11 is 5.80. The number of benzene rings is 1. The van der Waals surface area contributed by atoms with Crippen molar-refractivity contribution in [3.8, 4) is 0 Å². The van der Waals surface area contributed by atoms with Crippen molar-refractivity contribution in [2.24, 2.45) is 0 Å². The molecule has 23 heavy (non-hydrogen) atoms. The maximum absolute atomic E-state index is 12.8. The van der Waals surface area contributed by atoms with Crippen LogP contribution in [-0.2, 0) is 17.9 Å². The molecule has 2 aromatic rings. The Morgan fingerprint density at radius 1 is 1.22 bits per heavy atom. The quantitative estimate of drug-likeness (QED) is 0.809. The lowest BCUT2D eigenvalue weighted by Gasteiger charge is -2.26. The van der Waals surface area contributed by atoms with Gasteiger partial charge in [-0.15, -0.1) is 10.2 Å². The molecule has 3 rings (SSSR count). The van der Waals surface area contributed by atoms with Gasteiger partial charge in [-0.1, -0.05) is 23.7 Å². The first-order chi connectivity index (χ1) is 11.0. The van der Waals surface area contributed by atoms with Gasteiger partial charge in [-0.05, 0) is 23.8 Å². The Balaban J connectivity index is 1.68. The molecule has 0 N–H and O–H groups in total. The molecule has 1 aromatic carbocycles. The highest BCUT2D eigenvalue weighted by molar-refractivity contribution is 6.30. The fraction of sp³-hybridized carbons (Fsp3) is 0.267. The molecule has 1 aliphatic rings. The molecule has 5 nitrogen and oxygen atoms in total. The molecule has 0 radical (unpaired) electrons. The van der Waals surface area contributed by atoms with Crippen LogP contribution >= 0.6 is 11.6 Å². The average molecular weight is 339 g/mol. The molecule has 1 amide bonds. The number of carbonyl (C=O) groups is 1. The summed E-state index contributed by atoms with van der Waals surface area (Å²) in [7, 11) is 0. The first-order valence-corrected chi connectivity index (χ1v) is 7.35. The smallest absolute Gasteiger partial charge is 0.297 e. The molecule has 1 aliphatic heterocycles. The van der Waals surface area contributed by atoms with Crippen molar-refractivity contribution in [3.63, 3.8) is 0 Å². The SMILES string of the molecule is O=C(/C=C/c1ccc(Cl)cc1)N1CCn2c(nnc2C(F)F)C1. The molecular formula is C15H13ClF2N4O. The van der Waals surface area contributed by atoms with Gasteiger partial charge in [0.2, 0.25) is 5.91 Å². The number of hydrogen-bond donors (Lipinski definition) is 0.